The number of furan rings is 1. The van der Waals surface area contributed by atoms with E-state index in [4.69, 9.17) is 9.15 Å². The topological polar surface area (TPSA) is 63.9 Å². The maximum absolute atomic E-state index is 5.64. The quantitative estimate of drug-likeness (QED) is 0.446. The maximum Gasteiger partial charge on any atom is 0.166 e. The molecule has 0 fully saturated rings. The van der Waals surface area contributed by atoms with Gasteiger partial charge in [-0.15, -0.1) is 11.8 Å². The van der Waals surface area contributed by atoms with E-state index in [9.17, 15) is 0 Å². The number of hydrogen-bond donors (Lipinski definition) is 1. The molecule has 0 aliphatic heterocycles. The SMILES string of the molecule is COc1c(SCc2ccco2)ccnc1CSc1nc2ccccc2[nH]1. The summed E-state index contributed by atoms with van der Waals surface area (Å²) in [5.41, 5.74) is 2.91. The van der Waals surface area contributed by atoms with E-state index in [2.05, 4.69) is 15.0 Å². The van der Waals surface area contributed by atoms with Crippen molar-refractivity contribution >= 4 is 34.6 Å². The number of H-pyrrole nitrogens is 1. The van der Waals surface area contributed by atoms with Gasteiger partial charge in [-0.25, -0.2) is 4.98 Å². The lowest BCUT2D eigenvalue weighted by atomic mass is 10.3. The average molecular weight is 383 g/mol. The highest BCUT2D eigenvalue weighted by Crippen LogP contribution is 2.35. The number of hydrogen-bond acceptors (Lipinski definition) is 6. The summed E-state index contributed by atoms with van der Waals surface area (Å²) in [7, 11) is 1.68. The van der Waals surface area contributed by atoms with Crippen molar-refractivity contribution in [1.82, 2.24) is 15.0 Å². The number of para-hydroxylation sites is 2. The Bertz CT molecular complexity index is 966. The molecule has 0 aliphatic carbocycles. The molecule has 0 saturated carbocycles. The summed E-state index contributed by atoms with van der Waals surface area (Å²) in [6.07, 6.45) is 3.51. The molecule has 1 N–H and O–H groups in total. The number of pyridine rings is 1. The van der Waals surface area contributed by atoms with Gasteiger partial charge < -0.3 is 14.1 Å². The molecule has 3 heterocycles. The van der Waals surface area contributed by atoms with Crippen LogP contribution in [0.1, 0.15) is 11.5 Å². The van der Waals surface area contributed by atoms with Crippen LogP contribution in [0.25, 0.3) is 11.0 Å². The minimum Gasteiger partial charge on any atom is -0.494 e. The highest BCUT2D eigenvalue weighted by molar-refractivity contribution is 7.98. The van der Waals surface area contributed by atoms with E-state index in [1.807, 2.05) is 48.7 Å². The van der Waals surface area contributed by atoms with Gasteiger partial charge in [0.2, 0.25) is 0 Å². The zero-order valence-corrected chi connectivity index (χ0v) is 15.8. The van der Waals surface area contributed by atoms with Crippen molar-refractivity contribution in [2.24, 2.45) is 0 Å². The second-order valence-corrected chi connectivity index (χ2v) is 7.49. The number of nitrogens with zero attached hydrogens (tertiary/aromatic N) is 2. The Hall–Kier alpha value is -2.38. The molecule has 3 aromatic heterocycles. The largest absolute Gasteiger partial charge is 0.494 e. The molecule has 0 amide bonds. The van der Waals surface area contributed by atoms with Crippen molar-refractivity contribution < 1.29 is 9.15 Å². The van der Waals surface area contributed by atoms with Crippen LogP contribution in [-0.4, -0.2) is 22.1 Å². The number of fused-ring (bicyclic) bond motifs is 1. The van der Waals surface area contributed by atoms with E-state index in [1.165, 1.54) is 0 Å². The average Bonchev–Trinajstić information content (AvgIpc) is 3.33. The summed E-state index contributed by atoms with van der Waals surface area (Å²) >= 11 is 3.29. The first-order chi connectivity index (χ1) is 12.8. The molecule has 26 heavy (non-hydrogen) atoms. The summed E-state index contributed by atoms with van der Waals surface area (Å²) in [6.45, 7) is 0. The third-order valence-corrected chi connectivity index (χ3v) is 5.76. The van der Waals surface area contributed by atoms with Gasteiger partial charge in [0.1, 0.15) is 5.76 Å². The number of imidazole rings is 1. The van der Waals surface area contributed by atoms with E-state index >= 15 is 0 Å². The van der Waals surface area contributed by atoms with Crippen molar-refractivity contribution in [3.8, 4) is 5.75 Å². The molecule has 0 bridgehead atoms. The first kappa shape index (κ1) is 17.1. The molecule has 0 saturated heterocycles. The first-order valence-electron chi connectivity index (χ1n) is 8.08. The number of nitrogens with one attached hydrogen (secondary N) is 1. The third-order valence-electron chi connectivity index (χ3n) is 3.81. The fourth-order valence-electron chi connectivity index (χ4n) is 2.58. The van der Waals surface area contributed by atoms with Crippen LogP contribution in [0, 0.1) is 0 Å². The molecule has 0 atom stereocenters. The Morgan fingerprint density at radius 2 is 2.00 bits per heavy atom. The molecule has 5 nitrogen and oxygen atoms in total. The van der Waals surface area contributed by atoms with E-state index in [-0.39, 0.29) is 0 Å². The number of methoxy groups -OCH3 is 1. The van der Waals surface area contributed by atoms with Gasteiger partial charge in [0, 0.05) is 11.9 Å². The summed E-state index contributed by atoms with van der Waals surface area (Å²) in [5.74, 6) is 3.18. The molecule has 0 spiro atoms. The van der Waals surface area contributed by atoms with Gasteiger partial charge in [-0.1, -0.05) is 23.9 Å². The predicted molar refractivity (Wildman–Crippen MR) is 105 cm³/mol. The lowest BCUT2D eigenvalue weighted by Gasteiger charge is -2.11. The predicted octanol–water partition coefficient (Wildman–Crippen LogP) is 5.14. The molecular weight excluding hydrogens is 366 g/mol. The number of benzene rings is 1. The maximum atomic E-state index is 5.64. The molecular formula is C19H17N3O2S2. The number of rotatable bonds is 7. The second-order valence-electron chi connectivity index (χ2n) is 5.50. The van der Waals surface area contributed by atoms with E-state index < -0.39 is 0 Å². The van der Waals surface area contributed by atoms with Crippen LogP contribution in [0.4, 0.5) is 0 Å². The lowest BCUT2D eigenvalue weighted by molar-refractivity contribution is 0.398. The normalized spacial score (nSPS) is 11.1. The van der Waals surface area contributed by atoms with E-state index in [0.717, 1.165) is 44.0 Å². The fourth-order valence-corrected chi connectivity index (χ4v) is 4.36. The van der Waals surface area contributed by atoms with Crippen LogP contribution in [0.3, 0.4) is 0 Å². The standard InChI is InChI=1S/C19H17N3O2S2/c1-23-18-16(12-26-19-21-14-6-2-3-7-15(14)22-19)20-9-8-17(18)25-11-13-5-4-10-24-13/h2-10H,11-12H2,1H3,(H,21,22). The zero-order valence-electron chi connectivity index (χ0n) is 14.1. The van der Waals surface area contributed by atoms with Gasteiger partial charge >= 0.3 is 0 Å². The van der Waals surface area contributed by atoms with Crippen molar-refractivity contribution in [2.45, 2.75) is 21.6 Å². The lowest BCUT2D eigenvalue weighted by Crippen LogP contribution is -1.96. The molecule has 0 unspecified atom stereocenters. The smallest absolute Gasteiger partial charge is 0.166 e. The molecule has 4 rings (SSSR count). The third kappa shape index (κ3) is 3.73. The Kier molecular flexibility index (Phi) is 5.17. The van der Waals surface area contributed by atoms with Crippen LogP contribution in [0.15, 0.2) is 69.4 Å². The summed E-state index contributed by atoms with van der Waals surface area (Å²) in [6, 6.07) is 13.9. The van der Waals surface area contributed by atoms with Crippen LogP contribution in [0.2, 0.25) is 0 Å². The second kappa shape index (κ2) is 7.88. The minimum atomic E-state index is 0.679. The van der Waals surface area contributed by atoms with Crippen molar-refractivity contribution in [3.63, 3.8) is 0 Å². The Labute approximate surface area is 159 Å². The Balaban J connectivity index is 1.49. The van der Waals surface area contributed by atoms with Crippen molar-refractivity contribution in [1.29, 1.82) is 0 Å². The number of aromatic amines is 1. The Morgan fingerprint density at radius 1 is 1.08 bits per heavy atom. The van der Waals surface area contributed by atoms with Crippen LogP contribution < -0.4 is 4.74 Å². The molecule has 132 valence electrons. The van der Waals surface area contributed by atoms with Gasteiger partial charge in [0.05, 0.1) is 40.7 Å². The van der Waals surface area contributed by atoms with Gasteiger partial charge in [-0.05, 0) is 30.3 Å². The van der Waals surface area contributed by atoms with Gasteiger partial charge in [0.25, 0.3) is 0 Å². The first-order valence-corrected chi connectivity index (χ1v) is 10.0. The monoisotopic (exact) mass is 383 g/mol. The van der Waals surface area contributed by atoms with Gasteiger partial charge in [0.15, 0.2) is 10.9 Å². The van der Waals surface area contributed by atoms with Crippen LogP contribution in [-0.2, 0) is 11.5 Å². The molecule has 4 aromatic rings. The summed E-state index contributed by atoms with van der Waals surface area (Å²) in [4.78, 5) is 13.5. The van der Waals surface area contributed by atoms with Crippen LogP contribution >= 0.6 is 23.5 Å². The summed E-state index contributed by atoms with van der Waals surface area (Å²) < 4.78 is 11.0. The van der Waals surface area contributed by atoms with Crippen LogP contribution in [0.5, 0.6) is 5.75 Å². The fraction of sp³-hybridized carbons (Fsp3) is 0.158. The number of aromatic nitrogens is 3. The van der Waals surface area contributed by atoms with Crippen molar-refractivity contribution in [2.75, 3.05) is 7.11 Å². The van der Waals surface area contributed by atoms with E-state index in [1.54, 1.807) is 36.9 Å². The zero-order chi connectivity index (χ0) is 17.8. The molecule has 0 aliphatic rings. The van der Waals surface area contributed by atoms with Gasteiger partial charge in [-0.3, -0.25) is 4.98 Å². The summed E-state index contributed by atoms with van der Waals surface area (Å²) in [5, 5.41) is 0.878. The molecule has 7 heteroatoms. The minimum absolute atomic E-state index is 0.679. The number of ether oxygens (including phenoxy) is 1. The Morgan fingerprint density at radius 3 is 2.81 bits per heavy atom. The highest BCUT2D eigenvalue weighted by Gasteiger charge is 2.13. The van der Waals surface area contributed by atoms with Crippen molar-refractivity contribution in [3.05, 3.63) is 66.4 Å². The van der Waals surface area contributed by atoms with E-state index in [0.29, 0.717) is 5.75 Å². The van der Waals surface area contributed by atoms with Gasteiger partial charge in [-0.2, -0.15) is 0 Å². The number of thioether (sulfide) groups is 2. The molecule has 0 radical (unpaired) electrons. The molecule has 1 aromatic carbocycles. The highest BCUT2D eigenvalue weighted by atomic mass is 32.2.